The third kappa shape index (κ3) is 8.95. The van der Waals surface area contributed by atoms with E-state index in [0.717, 1.165) is 28.3 Å². The highest BCUT2D eigenvalue weighted by molar-refractivity contribution is 7.80. The average Bonchev–Trinajstić information content (AvgIpc) is 3.48. The molecule has 264 valence electrons. The molecule has 1 saturated heterocycles. The van der Waals surface area contributed by atoms with Gasteiger partial charge in [-0.05, 0) is 37.6 Å². The molecule has 0 aliphatic carbocycles. The topological polar surface area (TPSA) is 291 Å². The van der Waals surface area contributed by atoms with Crippen molar-refractivity contribution in [1.29, 1.82) is 0 Å². The third-order valence-corrected chi connectivity index (χ3v) is 8.29. The summed E-state index contributed by atoms with van der Waals surface area (Å²) in [5.74, 6) is -2.39. The van der Waals surface area contributed by atoms with E-state index in [1.165, 1.54) is 19.2 Å². The number of carbonyl (C=O) groups excluding carboxylic acids is 2. The number of hydroxylamine groups is 2. The van der Waals surface area contributed by atoms with Crippen LogP contribution in [0.5, 0.6) is 5.75 Å². The second kappa shape index (κ2) is 15.1. The molecule has 2 aromatic heterocycles. The maximum atomic E-state index is 13.2. The Morgan fingerprint density at radius 3 is 2.37 bits per heavy atom. The molecule has 2 amide bonds. The van der Waals surface area contributed by atoms with E-state index >= 15 is 0 Å². The molecular weight excluding hydrogens is 686 g/mol. The van der Waals surface area contributed by atoms with Gasteiger partial charge in [0.15, 0.2) is 10.8 Å². The summed E-state index contributed by atoms with van der Waals surface area (Å²) in [5.41, 5.74) is 16.8. The molecule has 0 bridgehead atoms. The van der Waals surface area contributed by atoms with E-state index in [1.54, 1.807) is 24.3 Å². The number of oxime groups is 1. The quantitative estimate of drug-likeness (QED) is 0.0249. The van der Waals surface area contributed by atoms with Crippen LogP contribution in [0.2, 0.25) is 0 Å². The molecule has 1 unspecified atom stereocenters. The normalized spacial score (nSPS) is 16.6. The highest BCUT2D eigenvalue weighted by atomic mass is 32.3. The molecule has 0 spiro atoms. The molecule has 19 nitrogen and oxygen atoms in total. The van der Waals surface area contributed by atoms with Gasteiger partial charge in [0.25, 0.3) is 23.7 Å². The SMILES string of the molecule is C[n+]1cc(-c2ccc(OC[C@H](O/N=C(\C(=O)NC3C(=O)N(OS(=O)(=O)[O-])C3(C)C)c3csc(N)n3)C(=O)O)cc2)ccc1NC(CN)CN. The lowest BCUT2D eigenvalue weighted by Crippen LogP contribution is -2.76. The molecule has 4 rings (SSSR count). The third-order valence-electron chi connectivity index (χ3n) is 7.29. The summed E-state index contributed by atoms with van der Waals surface area (Å²) >= 11 is 0.948. The van der Waals surface area contributed by atoms with Gasteiger partial charge in [-0.25, -0.2) is 22.8 Å². The molecule has 49 heavy (non-hydrogen) atoms. The van der Waals surface area contributed by atoms with Gasteiger partial charge in [0.1, 0.15) is 30.1 Å². The Hall–Kier alpha value is -4.93. The van der Waals surface area contributed by atoms with E-state index in [0.29, 0.717) is 23.9 Å². The number of aryl methyl sites for hydroxylation is 1. The summed E-state index contributed by atoms with van der Waals surface area (Å²) in [7, 11) is -3.40. The summed E-state index contributed by atoms with van der Waals surface area (Å²) in [4.78, 5) is 46.9. The predicted molar refractivity (Wildman–Crippen MR) is 173 cm³/mol. The molecule has 0 radical (unpaired) electrons. The standard InChI is InChI=1S/C28H35N9O10S2/c1-28(2)23(25(39)37(28)47-49(42,43)44)34-24(38)22(19-14-48-27(31)33-19)35-46-20(26(40)41)13-45-18-7-4-15(5-8-18)16-6-9-21(36(3)12-16)32-17(10-29)11-30/h4-9,12,14,17,20,23H,10-11,13,29-30H2,1-3H3,(H5,31,33,34,38,40,41,42,43,44)/b35-22-/t20-,23?/m0/s1. The summed E-state index contributed by atoms with van der Waals surface area (Å²) < 4.78 is 44.7. The number of amides is 2. The van der Waals surface area contributed by atoms with Crippen LogP contribution in [0.3, 0.4) is 0 Å². The first-order chi connectivity index (χ1) is 23.0. The zero-order valence-electron chi connectivity index (χ0n) is 26.4. The van der Waals surface area contributed by atoms with E-state index < -0.39 is 58.2 Å². The lowest BCUT2D eigenvalue weighted by atomic mass is 9.84. The van der Waals surface area contributed by atoms with Crippen LogP contribution >= 0.6 is 11.3 Å². The van der Waals surface area contributed by atoms with Crippen LogP contribution in [0.15, 0.2) is 53.1 Å². The van der Waals surface area contributed by atoms with Gasteiger partial charge >= 0.3 is 5.97 Å². The summed E-state index contributed by atoms with van der Waals surface area (Å²) in [6.45, 7) is 2.91. The maximum absolute atomic E-state index is 13.2. The maximum Gasteiger partial charge on any atom is 0.351 e. The smallest absolute Gasteiger partial charge is 0.351 e. The molecule has 1 aliphatic rings. The minimum Gasteiger partial charge on any atom is -0.724 e. The average molecular weight is 722 g/mol. The van der Waals surface area contributed by atoms with Crippen LogP contribution < -0.4 is 37.1 Å². The van der Waals surface area contributed by atoms with Crippen LogP contribution in [-0.4, -0.2) is 95.0 Å². The molecule has 1 fully saturated rings. The molecule has 0 saturated carbocycles. The lowest BCUT2D eigenvalue weighted by molar-refractivity contribution is -0.656. The number of carbonyl (C=O) groups is 3. The van der Waals surface area contributed by atoms with Crippen LogP contribution in [0.25, 0.3) is 11.1 Å². The number of β-lactam (4-membered cyclic amide) rings is 1. The van der Waals surface area contributed by atoms with E-state index in [1.807, 2.05) is 29.9 Å². The lowest BCUT2D eigenvalue weighted by Gasteiger charge is -2.51. The van der Waals surface area contributed by atoms with Crippen LogP contribution in [0.1, 0.15) is 19.5 Å². The Balaban J connectivity index is 1.44. The van der Waals surface area contributed by atoms with Crippen molar-refractivity contribution >= 4 is 56.2 Å². The number of aromatic nitrogens is 2. The first-order valence-corrected chi connectivity index (χ1v) is 16.6. The predicted octanol–water partition coefficient (Wildman–Crippen LogP) is -1.33. The molecule has 1 aliphatic heterocycles. The van der Waals surface area contributed by atoms with E-state index in [-0.39, 0.29) is 16.9 Å². The monoisotopic (exact) mass is 721 g/mol. The highest BCUT2D eigenvalue weighted by Gasteiger charge is 2.57. The molecule has 9 N–H and O–H groups in total. The van der Waals surface area contributed by atoms with Gasteiger partial charge < -0.3 is 41.8 Å². The van der Waals surface area contributed by atoms with Gasteiger partial charge in [-0.1, -0.05) is 17.3 Å². The van der Waals surface area contributed by atoms with Crippen LogP contribution in [0, 0.1) is 0 Å². The van der Waals surface area contributed by atoms with Crippen molar-refractivity contribution < 1.29 is 50.9 Å². The van der Waals surface area contributed by atoms with E-state index in [2.05, 4.69) is 25.1 Å². The first-order valence-electron chi connectivity index (χ1n) is 14.4. The Labute approximate surface area is 284 Å². The van der Waals surface area contributed by atoms with Crippen molar-refractivity contribution in [2.75, 3.05) is 30.7 Å². The van der Waals surface area contributed by atoms with Crippen molar-refractivity contribution in [3.05, 3.63) is 53.7 Å². The first kappa shape index (κ1) is 36.9. The minimum absolute atomic E-state index is 0.0468. The highest BCUT2D eigenvalue weighted by Crippen LogP contribution is 2.33. The van der Waals surface area contributed by atoms with Crippen molar-refractivity contribution in [3.8, 4) is 16.9 Å². The fourth-order valence-corrected chi connectivity index (χ4v) is 5.54. The Morgan fingerprint density at radius 2 is 1.84 bits per heavy atom. The second-order valence-electron chi connectivity index (χ2n) is 11.2. The molecule has 3 aromatic rings. The molecule has 1 aromatic carbocycles. The number of hydrogen-bond donors (Lipinski definition) is 6. The number of nitrogen functional groups attached to an aromatic ring is 1. The molecular formula is C28H35N9O10S2. The summed E-state index contributed by atoms with van der Waals surface area (Å²) in [5, 5.41) is 20.8. The Bertz CT molecular complexity index is 1830. The number of nitrogens with zero attached hydrogens (tertiary/aromatic N) is 4. The summed E-state index contributed by atoms with van der Waals surface area (Å²) in [6.07, 6.45) is 0.220. The fourth-order valence-electron chi connectivity index (χ4n) is 4.55. The number of thiazole rings is 1. The number of anilines is 2. The van der Waals surface area contributed by atoms with Crippen molar-refractivity contribution in [2.24, 2.45) is 23.7 Å². The zero-order chi connectivity index (χ0) is 36.1. The number of pyridine rings is 1. The van der Waals surface area contributed by atoms with E-state index in [9.17, 15) is 32.5 Å². The number of aliphatic carboxylic acids is 1. The van der Waals surface area contributed by atoms with Gasteiger partial charge in [-0.2, -0.15) is 9.35 Å². The molecule has 2 atom stereocenters. The largest absolute Gasteiger partial charge is 0.724 e. The molecule has 3 heterocycles. The van der Waals surface area contributed by atoms with Gasteiger partial charge in [0.05, 0.1) is 18.8 Å². The van der Waals surface area contributed by atoms with Gasteiger partial charge in [0.2, 0.25) is 10.4 Å². The number of nitrogens with one attached hydrogen (secondary N) is 2. The second-order valence-corrected chi connectivity index (χ2v) is 13.0. The number of benzene rings is 1. The van der Waals surface area contributed by atoms with Gasteiger partial charge in [-0.15, -0.1) is 11.3 Å². The van der Waals surface area contributed by atoms with E-state index in [4.69, 9.17) is 26.8 Å². The number of hydrogen-bond acceptors (Lipinski definition) is 16. The van der Waals surface area contributed by atoms with Crippen LogP contribution in [-0.2, 0) is 41.0 Å². The number of carboxylic acids is 1. The Morgan fingerprint density at radius 1 is 1.18 bits per heavy atom. The van der Waals surface area contributed by atoms with Gasteiger partial charge in [-0.3, -0.25) is 14.9 Å². The van der Waals surface area contributed by atoms with Crippen molar-refractivity contribution in [1.82, 2.24) is 15.4 Å². The minimum atomic E-state index is -5.27. The van der Waals surface area contributed by atoms with Gasteiger partial charge in [0, 0.05) is 30.1 Å². The zero-order valence-corrected chi connectivity index (χ0v) is 28.1. The van der Waals surface area contributed by atoms with Crippen LogP contribution in [0.4, 0.5) is 10.9 Å². The summed E-state index contributed by atoms with van der Waals surface area (Å²) in [6, 6.07) is 9.24. The number of rotatable bonds is 16. The Kier molecular flexibility index (Phi) is 11.4. The number of nitrogens with two attached hydrogens (primary N) is 3. The fraction of sp³-hybridized carbons (Fsp3) is 0.357. The van der Waals surface area contributed by atoms with Crippen molar-refractivity contribution in [2.45, 2.75) is 37.6 Å². The number of ether oxygens (including phenoxy) is 1. The molecule has 21 heteroatoms. The van der Waals surface area contributed by atoms with Crippen molar-refractivity contribution in [3.63, 3.8) is 0 Å². The number of carboxylic acid groups (broad SMARTS) is 1.